The summed E-state index contributed by atoms with van der Waals surface area (Å²) < 4.78 is 12.3. The van der Waals surface area contributed by atoms with Gasteiger partial charge >= 0.3 is 0 Å². The van der Waals surface area contributed by atoms with Crippen molar-refractivity contribution >= 4 is 22.9 Å². The average Bonchev–Trinajstić information content (AvgIpc) is 3.39. The first-order valence-electron chi connectivity index (χ1n) is 12.7. The average molecular weight is 505 g/mol. The zero-order chi connectivity index (χ0) is 26.4. The van der Waals surface area contributed by atoms with Crippen LogP contribution in [0.5, 0.6) is 5.75 Å². The summed E-state index contributed by atoms with van der Waals surface area (Å²) in [7, 11) is 0. The van der Waals surface area contributed by atoms with Crippen molar-refractivity contribution in [3.63, 3.8) is 0 Å². The third-order valence-electron chi connectivity index (χ3n) is 6.59. The Hall–Kier alpha value is -5.40. The second kappa shape index (κ2) is 10.9. The van der Waals surface area contributed by atoms with Crippen LogP contribution in [-0.4, -0.2) is 6.21 Å². The number of hydrogen-bond donors (Lipinski definition) is 0. The van der Waals surface area contributed by atoms with Crippen molar-refractivity contribution in [3.05, 3.63) is 144 Å². The minimum atomic E-state index is 0.284. The summed E-state index contributed by atoms with van der Waals surface area (Å²) in [6, 6.07) is 44.2. The van der Waals surface area contributed by atoms with E-state index < -0.39 is 0 Å². The van der Waals surface area contributed by atoms with Crippen LogP contribution in [0.25, 0.3) is 33.2 Å². The Kier molecular flexibility index (Phi) is 6.71. The molecule has 0 spiro atoms. The standard InChI is InChI=1S/C35H24N2O2/c36-22-32-33(27-11-3-1-4-12-27)34(28-13-5-2-6-14-28)39-35(32)37-23-25-18-20-30(21-19-25)38-24-29-16-9-15-26-10-7-8-17-31(26)29/h1-21,23H,24H2. The van der Waals surface area contributed by atoms with Crippen molar-refractivity contribution in [2.45, 2.75) is 6.61 Å². The number of aliphatic imine (C=N–C) groups is 1. The molecule has 0 saturated heterocycles. The quantitative estimate of drug-likeness (QED) is 0.204. The molecular weight excluding hydrogens is 480 g/mol. The van der Waals surface area contributed by atoms with E-state index in [1.165, 1.54) is 10.8 Å². The predicted molar refractivity (Wildman–Crippen MR) is 156 cm³/mol. The van der Waals surface area contributed by atoms with Crippen LogP contribution in [-0.2, 0) is 6.61 Å². The Bertz CT molecular complexity index is 1790. The number of fused-ring (bicyclic) bond motifs is 1. The molecule has 0 radical (unpaired) electrons. The lowest BCUT2D eigenvalue weighted by molar-refractivity contribution is 0.307. The summed E-state index contributed by atoms with van der Waals surface area (Å²) in [6.45, 7) is 0.483. The maximum atomic E-state index is 10.1. The Balaban J connectivity index is 1.25. The molecule has 4 heteroatoms. The first kappa shape index (κ1) is 24.0. The minimum absolute atomic E-state index is 0.284. The van der Waals surface area contributed by atoms with Crippen molar-refractivity contribution < 1.29 is 9.15 Å². The molecule has 0 aliphatic rings. The molecule has 0 N–H and O–H groups in total. The van der Waals surface area contributed by atoms with Gasteiger partial charge in [-0.1, -0.05) is 103 Å². The van der Waals surface area contributed by atoms with Gasteiger partial charge in [-0.3, -0.25) is 0 Å². The largest absolute Gasteiger partial charge is 0.489 e. The van der Waals surface area contributed by atoms with Gasteiger partial charge in [-0.2, -0.15) is 5.26 Å². The monoisotopic (exact) mass is 504 g/mol. The fourth-order valence-electron chi connectivity index (χ4n) is 4.65. The molecule has 6 rings (SSSR count). The van der Waals surface area contributed by atoms with Gasteiger partial charge in [-0.05, 0) is 51.7 Å². The third kappa shape index (κ3) is 5.07. The lowest BCUT2D eigenvalue weighted by Crippen LogP contribution is -1.96. The van der Waals surface area contributed by atoms with Crippen LogP contribution in [0.1, 0.15) is 16.7 Å². The summed E-state index contributed by atoms with van der Waals surface area (Å²) in [5, 5.41) is 12.5. The highest BCUT2D eigenvalue weighted by Gasteiger charge is 2.22. The molecule has 0 aliphatic carbocycles. The van der Waals surface area contributed by atoms with Crippen molar-refractivity contribution in [1.82, 2.24) is 0 Å². The summed E-state index contributed by atoms with van der Waals surface area (Å²) >= 11 is 0. The Labute approximate surface area is 227 Å². The Morgan fingerprint density at radius 2 is 1.38 bits per heavy atom. The first-order valence-corrected chi connectivity index (χ1v) is 12.7. The van der Waals surface area contributed by atoms with Gasteiger partial charge in [0.05, 0.1) is 0 Å². The highest BCUT2D eigenvalue weighted by Crippen LogP contribution is 2.42. The van der Waals surface area contributed by atoms with E-state index in [0.717, 1.165) is 33.6 Å². The van der Waals surface area contributed by atoms with Gasteiger partial charge < -0.3 is 9.15 Å². The Morgan fingerprint density at radius 1 is 0.718 bits per heavy atom. The summed E-state index contributed by atoms with van der Waals surface area (Å²) in [4.78, 5) is 4.58. The van der Waals surface area contributed by atoms with E-state index in [-0.39, 0.29) is 5.88 Å². The molecule has 4 nitrogen and oxygen atoms in total. The van der Waals surface area contributed by atoms with Crippen LogP contribution < -0.4 is 4.74 Å². The van der Waals surface area contributed by atoms with E-state index in [0.29, 0.717) is 17.9 Å². The van der Waals surface area contributed by atoms with Crippen molar-refractivity contribution in [2.24, 2.45) is 4.99 Å². The fraction of sp³-hybridized carbons (Fsp3) is 0.0286. The molecule has 6 aromatic rings. The lowest BCUT2D eigenvalue weighted by atomic mass is 9.98. The van der Waals surface area contributed by atoms with Crippen LogP contribution in [0.3, 0.4) is 0 Å². The number of nitriles is 1. The zero-order valence-electron chi connectivity index (χ0n) is 21.1. The van der Waals surface area contributed by atoms with E-state index in [2.05, 4.69) is 41.4 Å². The van der Waals surface area contributed by atoms with Gasteiger partial charge in [-0.15, -0.1) is 0 Å². The zero-order valence-corrected chi connectivity index (χ0v) is 21.1. The number of furan rings is 1. The molecule has 0 unspecified atom stereocenters. The number of nitrogens with zero attached hydrogens (tertiary/aromatic N) is 2. The van der Waals surface area contributed by atoms with Crippen LogP contribution in [0.2, 0.25) is 0 Å². The van der Waals surface area contributed by atoms with Gasteiger partial charge in [0.25, 0.3) is 0 Å². The molecule has 1 heterocycles. The SMILES string of the molecule is N#Cc1c(N=Cc2ccc(OCc3cccc4ccccc34)cc2)oc(-c2ccccc2)c1-c1ccccc1. The molecule has 0 fully saturated rings. The predicted octanol–water partition coefficient (Wildman–Crippen LogP) is 8.97. The molecule has 0 atom stereocenters. The second-order valence-electron chi connectivity index (χ2n) is 9.08. The summed E-state index contributed by atoms with van der Waals surface area (Å²) in [6.07, 6.45) is 1.71. The molecule has 186 valence electrons. The maximum Gasteiger partial charge on any atom is 0.238 e. The first-order chi connectivity index (χ1) is 19.3. The molecule has 0 saturated carbocycles. The number of ether oxygens (including phenoxy) is 1. The third-order valence-corrected chi connectivity index (χ3v) is 6.59. The van der Waals surface area contributed by atoms with Crippen LogP contribution in [0.15, 0.2) is 137 Å². The van der Waals surface area contributed by atoms with Gasteiger partial charge in [0.2, 0.25) is 5.88 Å². The van der Waals surface area contributed by atoms with E-state index in [9.17, 15) is 5.26 Å². The topological polar surface area (TPSA) is 58.5 Å². The number of hydrogen-bond acceptors (Lipinski definition) is 4. The molecule has 0 amide bonds. The van der Waals surface area contributed by atoms with E-state index in [1.807, 2.05) is 97.1 Å². The van der Waals surface area contributed by atoms with Crippen molar-refractivity contribution in [1.29, 1.82) is 5.26 Å². The second-order valence-corrected chi connectivity index (χ2v) is 9.08. The van der Waals surface area contributed by atoms with Gasteiger partial charge in [0, 0.05) is 17.3 Å². The van der Waals surface area contributed by atoms with Crippen LogP contribution in [0.4, 0.5) is 5.88 Å². The van der Waals surface area contributed by atoms with Gasteiger partial charge in [0.15, 0.2) is 0 Å². The molecule has 0 bridgehead atoms. The minimum Gasteiger partial charge on any atom is -0.489 e. The molecular formula is C35H24N2O2. The van der Waals surface area contributed by atoms with E-state index in [1.54, 1.807) is 6.21 Å². The normalized spacial score (nSPS) is 11.1. The van der Waals surface area contributed by atoms with Crippen molar-refractivity contribution in [3.8, 4) is 34.3 Å². The van der Waals surface area contributed by atoms with Crippen molar-refractivity contribution in [2.75, 3.05) is 0 Å². The highest BCUT2D eigenvalue weighted by atomic mass is 16.5. The lowest BCUT2D eigenvalue weighted by Gasteiger charge is -2.09. The Morgan fingerprint density at radius 3 is 2.13 bits per heavy atom. The molecule has 0 aliphatic heterocycles. The smallest absolute Gasteiger partial charge is 0.238 e. The summed E-state index contributed by atoms with van der Waals surface area (Å²) in [5.41, 5.74) is 4.96. The molecule has 1 aromatic heterocycles. The molecule has 5 aromatic carbocycles. The van der Waals surface area contributed by atoms with E-state index >= 15 is 0 Å². The summed E-state index contributed by atoms with van der Waals surface area (Å²) in [5.74, 6) is 1.68. The van der Waals surface area contributed by atoms with Crippen LogP contribution in [0, 0.1) is 11.3 Å². The van der Waals surface area contributed by atoms with Crippen LogP contribution >= 0.6 is 0 Å². The maximum absolute atomic E-state index is 10.1. The number of rotatable bonds is 7. The van der Waals surface area contributed by atoms with Gasteiger partial charge in [-0.25, -0.2) is 4.99 Å². The molecule has 39 heavy (non-hydrogen) atoms. The highest BCUT2D eigenvalue weighted by molar-refractivity contribution is 5.90. The van der Waals surface area contributed by atoms with E-state index in [4.69, 9.17) is 9.15 Å². The number of benzene rings is 5. The van der Waals surface area contributed by atoms with Gasteiger partial charge in [0.1, 0.15) is 29.7 Å². The fourth-order valence-corrected chi connectivity index (χ4v) is 4.65.